The molecule has 2 rings (SSSR count). The van der Waals surface area contributed by atoms with Crippen molar-refractivity contribution in [2.45, 2.75) is 24.8 Å². The van der Waals surface area contributed by atoms with Crippen LogP contribution in [0.4, 0.5) is 0 Å². The molecule has 0 aliphatic carbocycles. The smallest absolute Gasteiger partial charge is 0.238 e. The van der Waals surface area contributed by atoms with Gasteiger partial charge in [-0.05, 0) is 36.2 Å². The Labute approximate surface area is 96.1 Å². The van der Waals surface area contributed by atoms with Gasteiger partial charge in [-0.3, -0.25) is 4.90 Å². The Bertz CT molecular complexity index is 497. The maximum atomic E-state index is 11.2. The minimum atomic E-state index is -3.57. The predicted octanol–water partition coefficient (Wildman–Crippen LogP) is 0.712. The molecule has 88 valence electrons. The molecule has 0 fully saturated rings. The first kappa shape index (κ1) is 11.6. The van der Waals surface area contributed by atoms with Gasteiger partial charge >= 0.3 is 0 Å². The van der Waals surface area contributed by atoms with E-state index < -0.39 is 10.0 Å². The Kier molecular flexibility index (Phi) is 3.01. The molecular weight excluding hydrogens is 224 g/mol. The molecule has 0 saturated heterocycles. The summed E-state index contributed by atoms with van der Waals surface area (Å²) in [5.41, 5.74) is 2.32. The van der Waals surface area contributed by atoms with Crippen LogP contribution >= 0.6 is 0 Å². The summed E-state index contributed by atoms with van der Waals surface area (Å²) in [6.07, 6.45) is 0.895. The van der Waals surface area contributed by atoms with E-state index in [1.807, 2.05) is 6.07 Å². The summed E-state index contributed by atoms with van der Waals surface area (Å²) >= 11 is 0. The Balaban J connectivity index is 2.35. The van der Waals surface area contributed by atoms with Crippen molar-refractivity contribution in [1.82, 2.24) is 4.90 Å². The molecule has 5 heteroatoms. The monoisotopic (exact) mass is 240 g/mol. The Morgan fingerprint density at radius 2 is 2.12 bits per heavy atom. The highest BCUT2D eigenvalue weighted by molar-refractivity contribution is 7.89. The number of likely N-dealkylation sites (N-methyl/N-ethyl adjacent to an activating group) is 1. The van der Waals surface area contributed by atoms with Gasteiger partial charge in [-0.25, -0.2) is 13.6 Å². The van der Waals surface area contributed by atoms with Crippen molar-refractivity contribution in [3.8, 4) is 0 Å². The van der Waals surface area contributed by atoms with Crippen molar-refractivity contribution < 1.29 is 8.42 Å². The van der Waals surface area contributed by atoms with Crippen LogP contribution in [0.25, 0.3) is 0 Å². The molecule has 1 heterocycles. The van der Waals surface area contributed by atoms with Gasteiger partial charge < -0.3 is 0 Å². The number of nitrogens with zero attached hydrogens (tertiary/aromatic N) is 1. The lowest BCUT2D eigenvalue weighted by molar-refractivity contribution is 0.268. The third kappa shape index (κ3) is 2.26. The van der Waals surface area contributed by atoms with Crippen molar-refractivity contribution in [3.63, 3.8) is 0 Å². The zero-order chi connectivity index (χ0) is 11.8. The lowest BCUT2D eigenvalue weighted by Gasteiger charge is -2.27. The van der Waals surface area contributed by atoms with Crippen LogP contribution in [0.2, 0.25) is 0 Å². The van der Waals surface area contributed by atoms with Crippen LogP contribution in [-0.2, 0) is 23.0 Å². The lowest BCUT2D eigenvalue weighted by Crippen LogP contribution is -2.30. The molecule has 1 aliphatic heterocycles. The second kappa shape index (κ2) is 4.16. The second-order valence-electron chi connectivity index (χ2n) is 4.09. The largest absolute Gasteiger partial charge is 0.299 e. The first-order valence-electron chi connectivity index (χ1n) is 5.37. The van der Waals surface area contributed by atoms with Gasteiger partial charge in [-0.1, -0.05) is 13.0 Å². The minimum absolute atomic E-state index is 0.219. The Hall–Kier alpha value is -0.910. The van der Waals surface area contributed by atoms with Crippen LogP contribution in [0.3, 0.4) is 0 Å². The average Bonchev–Trinajstić information content (AvgIpc) is 2.26. The van der Waals surface area contributed by atoms with Crippen LogP contribution in [0.15, 0.2) is 23.1 Å². The number of hydrogen-bond acceptors (Lipinski definition) is 3. The summed E-state index contributed by atoms with van der Waals surface area (Å²) in [5.74, 6) is 0. The first-order chi connectivity index (χ1) is 7.50. The number of nitrogens with two attached hydrogens (primary N) is 1. The molecule has 0 atom stereocenters. The highest BCUT2D eigenvalue weighted by atomic mass is 32.2. The van der Waals surface area contributed by atoms with E-state index in [2.05, 4.69) is 11.8 Å². The van der Waals surface area contributed by atoms with Crippen LogP contribution in [0.1, 0.15) is 18.1 Å². The first-order valence-corrected chi connectivity index (χ1v) is 6.92. The van der Waals surface area contributed by atoms with Crippen molar-refractivity contribution >= 4 is 10.0 Å². The van der Waals surface area contributed by atoms with Gasteiger partial charge in [0.2, 0.25) is 10.0 Å². The fourth-order valence-corrected chi connectivity index (χ4v) is 2.60. The fourth-order valence-electron chi connectivity index (χ4n) is 2.03. The molecule has 0 aromatic heterocycles. The standard InChI is InChI=1S/C11H16N2O2S/c1-2-13-6-5-9-7-11(16(12,14)15)4-3-10(9)8-13/h3-4,7H,2,5-6,8H2,1H3,(H2,12,14,15). The Morgan fingerprint density at radius 1 is 1.38 bits per heavy atom. The third-order valence-corrected chi connectivity index (χ3v) is 3.96. The molecule has 0 spiro atoms. The molecule has 0 bridgehead atoms. The summed E-state index contributed by atoms with van der Waals surface area (Å²) in [6, 6.07) is 5.17. The van der Waals surface area contributed by atoms with Gasteiger partial charge in [0.05, 0.1) is 4.90 Å². The van der Waals surface area contributed by atoms with Crippen LogP contribution in [-0.4, -0.2) is 26.4 Å². The summed E-state index contributed by atoms with van der Waals surface area (Å²) in [4.78, 5) is 2.55. The predicted molar refractivity (Wildman–Crippen MR) is 62.5 cm³/mol. The maximum absolute atomic E-state index is 11.2. The topological polar surface area (TPSA) is 63.4 Å². The van der Waals surface area contributed by atoms with Crippen LogP contribution < -0.4 is 5.14 Å². The summed E-state index contributed by atoms with van der Waals surface area (Å²) in [5, 5.41) is 5.11. The Morgan fingerprint density at radius 3 is 2.75 bits per heavy atom. The number of rotatable bonds is 2. The van der Waals surface area contributed by atoms with E-state index in [1.165, 1.54) is 5.56 Å². The molecule has 1 aromatic carbocycles. The SMILES string of the molecule is CCN1CCc2cc(S(N)(=O)=O)ccc2C1. The quantitative estimate of drug-likeness (QED) is 0.828. The number of hydrogen-bond donors (Lipinski definition) is 1. The maximum Gasteiger partial charge on any atom is 0.238 e. The van der Waals surface area contributed by atoms with E-state index in [0.29, 0.717) is 0 Å². The fraction of sp³-hybridized carbons (Fsp3) is 0.455. The summed E-state index contributed by atoms with van der Waals surface area (Å²) < 4.78 is 22.4. The molecular formula is C11H16N2O2S. The van der Waals surface area contributed by atoms with E-state index in [1.54, 1.807) is 12.1 Å². The molecule has 0 radical (unpaired) electrons. The summed E-state index contributed by atoms with van der Waals surface area (Å²) in [7, 11) is -3.57. The molecule has 1 aliphatic rings. The van der Waals surface area contributed by atoms with Gasteiger partial charge in [-0.2, -0.15) is 0 Å². The van der Waals surface area contributed by atoms with Gasteiger partial charge in [0, 0.05) is 13.1 Å². The van der Waals surface area contributed by atoms with E-state index >= 15 is 0 Å². The number of benzene rings is 1. The van der Waals surface area contributed by atoms with E-state index in [9.17, 15) is 8.42 Å². The van der Waals surface area contributed by atoms with E-state index in [4.69, 9.17) is 5.14 Å². The normalized spacial score (nSPS) is 17.1. The highest BCUT2D eigenvalue weighted by Gasteiger charge is 2.17. The van der Waals surface area contributed by atoms with Gasteiger partial charge in [0.15, 0.2) is 0 Å². The molecule has 2 N–H and O–H groups in total. The molecule has 16 heavy (non-hydrogen) atoms. The van der Waals surface area contributed by atoms with Gasteiger partial charge in [-0.15, -0.1) is 0 Å². The molecule has 0 saturated carbocycles. The molecule has 0 unspecified atom stereocenters. The number of fused-ring (bicyclic) bond motifs is 1. The zero-order valence-electron chi connectivity index (χ0n) is 9.31. The van der Waals surface area contributed by atoms with Crippen molar-refractivity contribution in [1.29, 1.82) is 0 Å². The van der Waals surface area contributed by atoms with Crippen molar-refractivity contribution in [2.75, 3.05) is 13.1 Å². The van der Waals surface area contributed by atoms with Crippen LogP contribution in [0.5, 0.6) is 0 Å². The lowest BCUT2D eigenvalue weighted by atomic mass is 10.00. The van der Waals surface area contributed by atoms with Gasteiger partial charge in [0.25, 0.3) is 0 Å². The number of sulfonamides is 1. The molecule has 0 amide bonds. The van der Waals surface area contributed by atoms with Crippen molar-refractivity contribution in [2.24, 2.45) is 5.14 Å². The van der Waals surface area contributed by atoms with Crippen molar-refractivity contribution in [3.05, 3.63) is 29.3 Å². The van der Waals surface area contributed by atoms with Crippen LogP contribution in [0, 0.1) is 0 Å². The second-order valence-corrected chi connectivity index (χ2v) is 5.66. The molecule has 1 aromatic rings. The average molecular weight is 240 g/mol. The minimum Gasteiger partial charge on any atom is -0.299 e. The van der Waals surface area contributed by atoms with E-state index in [0.717, 1.165) is 31.6 Å². The van der Waals surface area contributed by atoms with E-state index in [-0.39, 0.29) is 4.90 Å². The highest BCUT2D eigenvalue weighted by Crippen LogP contribution is 2.21. The van der Waals surface area contributed by atoms with Gasteiger partial charge in [0.1, 0.15) is 0 Å². The number of primary sulfonamides is 1. The summed E-state index contributed by atoms with van der Waals surface area (Å²) in [6.45, 7) is 5.04. The zero-order valence-corrected chi connectivity index (χ0v) is 10.1. The third-order valence-electron chi connectivity index (χ3n) is 3.04. The molecule has 4 nitrogen and oxygen atoms in total.